The zero-order valence-corrected chi connectivity index (χ0v) is 13.5. The molecular weight excluding hydrogens is 306 g/mol. The van der Waals surface area contributed by atoms with E-state index in [2.05, 4.69) is 15.2 Å². The van der Waals surface area contributed by atoms with Crippen molar-refractivity contribution in [3.05, 3.63) is 42.6 Å². The van der Waals surface area contributed by atoms with Gasteiger partial charge in [-0.25, -0.2) is 0 Å². The van der Waals surface area contributed by atoms with Gasteiger partial charge in [-0.05, 0) is 36.9 Å². The summed E-state index contributed by atoms with van der Waals surface area (Å²) in [6.07, 6.45) is 6.28. The van der Waals surface area contributed by atoms with E-state index in [0.29, 0.717) is 12.1 Å². The average Bonchev–Trinajstić information content (AvgIpc) is 3.20. The number of fused-ring (bicyclic) bond motifs is 1. The number of rotatable bonds is 4. The summed E-state index contributed by atoms with van der Waals surface area (Å²) < 4.78 is 2.07. The molecule has 24 heavy (non-hydrogen) atoms. The van der Waals surface area contributed by atoms with Crippen LogP contribution in [0.15, 0.2) is 42.6 Å². The smallest absolute Gasteiger partial charge is 0.313 e. The maximum Gasteiger partial charge on any atom is 0.313 e. The first-order valence-electron chi connectivity index (χ1n) is 8.10. The second kappa shape index (κ2) is 6.88. The maximum atomic E-state index is 12.1. The summed E-state index contributed by atoms with van der Waals surface area (Å²) in [4.78, 5) is 24.1. The SMILES string of the molecule is CCn1ccc2ccc(NC(=O)C(=O)N[C@@H]3C=C[C@H](CO)C3)cc21. The van der Waals surface area contributed by atoms with Gasteiger partial charge in [0.05, 0.1) is 5.52 Å². The van der Waals surface area contributed by atoms with Gasteiger partial charge in [-0.15, -0.1) is 0 Å². The summed E-state index contributed by atoms with van der Waals surface area (Å²) >= 11 is 0. The summed E-state index contributed by atoms with van der Waals surface area (Å²) in [7, 11) is 0. The van der Waals surface area contributed by atoms with E-state index < -0.39 is 11.8 Å². The first-order valence-corrected chi connectivity index (χ1v) is 8.10. The number of aryl methyl sites for hydroxylation is 1. The predicted octanol–water partition coefficient (Wildman–Crippen LogP) is 1.65. The minimum atomic E-state index is -0.690. The van der Waals surface area contributed by atoms with Gasteiger partial charge in [0.25, 0.3) is 0 Å². The van der Waals surface area contributed by atoms with Gasteiger partial charge >= 0.3 is 11.8 Å². The zero-order valence-electron chi connectivity index (χ0n) is 13.5. The molecule has 0 fully saturated rings. The number of carbonyl (C=O) groups is 2. The molecule has 1 aliphatic carbocycles. The number of aromatic nitrogens is 1. The summed E-state index contributed by atoms with van der Waals surface area (Å²) in [5.41, 5.74) is 1.60. The molecule has 0 radical (unpaired) electrons. The van der Waals surface area contributed by atoms with Crippen LogP contribution in [-0.2, 0) is 16.1 Å². The van der Waals surface area contributed by atoms with E-state index in [1.807, 2.05) is 43.5 Å². The second-order valence-electron chi connectivity index (χ2n) is 5.97. The van der Waals surface area contributed by atoms with Crippen LogP contribution in [0.4, 0.5) is 5.69 Å². The average molecular weight is 327 g/mol. The van der Waals surface area contributed by atoms with Crippen LogP contribution in [0.1, 0.15) is 13.3 Å². The Kier molecular flexibility index (Phi) is 4.66. The third-order valence-electron chi connectivity index (χ3n) is 4.30. The molecule has 3 rings (SSSR count). The van der Waals surface area contributed by atoms with Gasteiger partial charge in [0.1, 0.15) is 0 Å². The maximum absolute atomic E-state index is 12.1. The molecule has 6 heteroatoms. The summed E-state index contributed by atoms with van der Waals surface area (Å²) in [6, 6.07) is 7.37. The van der Waals surface area contributed by atoms with E-state index >= 15 is 0 Å². The van der Waals surface area contributed by atoms with E-state index in [0.717, 1.165) is 17.4 Å². The summed E-state index contributed by atoms with van der Waals surface area (Å²) in [5, 5.41) is 15.5. The molecule has 1 aliphatic rings. The third kappa shape index (κ3) is 3.33. The van der Waals surface area contributed by atoms with E-state index in [-0.39, 0.29) is 18.6 Å². The number of amides is 2. The Hall–Kier alpha value is -2.60. The van der Waals surface area contributed by atoms with Gasteiger partial charge in [-0.1, -0.05) is 18.2 Å². The van der Waals surface area contributed by atoms with Crippen LogP contribution in [0.5, 0.6) is 0 Å². The Balaban J connectivity index is 1.64. The van der Waals surface area contributed by atoms with Crippen LogP contribution >= 0.6 is 0 Å². The van der Waals surface area contributed by atoms with Crippen molar-refractivity contribution in [2.75, 3.05) is 11.9 Å². The fourth-order valence-corrected chi connectivity index (χ4v) is 2.98. The molecule has 2 atom stereocenters. The molecular formula is C18H21N3O3. The third-order valence-corrected chi connectivity index (χ3v) is 4.30. The fourth-order valence-electron chi connectivity index (χ4n) is 2.98. The molecule has 3 N–H and O–H groups in total. The largest absolute Gasteiger partial charge is 0.396 e. The Morgan fingerprint density at radius 3 is 2.79 bits per heavy atom. The first kappa shape index (κ1) is 16.3. The van der Waals surface area contributed by atoms with Crippen molar-refractivity contribution in [1.82, 2.24) is 9.88 Å². The quantitative estimate of drug-likeness (QED) is 0.590. The van der Waals surface area contributed by atoms with Crippen molar-refractivity contribution < 1.29 is 14.7 Å². The lowest BCUT2D eigenvalue weighted by Gasteiger charge is -2.12. The van der Waals surface area contributed by atoms with Crippen LogP contribution in [0, 0.1) is 5.92 Å². The molecule has 0 bridgehead atoms. The molecule has 2 amide bonds. The molecule has 0 spiro atoms. The van der Waals surface area contributed by atoms with Crippen LogP contribution in [0.25, 0.3) is 10.9 Å². The zero-order chi connectivity index (χ0) is 17.1. The van der Waals surface area contributed by atoms with E-state index in [9.17, 15) is 9.59 Å². The van der Waals surface area contributed by atoms with Crippen LogP contribution in [0.3, 0.4) is 0 Å². The number of aliphatic hydroxyl groups excluding tert-OH is 1. The molecule has 126 valence electrons. The number of hydrogen-bond acceptors (Lipinski definition) is 3. The number of nitrogens with one attached hydrogen (secondary N) is 2. The molecule has 0 aliphatic heterocycles. The number of hydrogen-bond donors (Lipinski definition) is 3. The van der Waals surface area contributed by atoms with Gasteiger partial charge in [0, 0.05) is 37.0 Å². The van der Waals surface area contributed by atoms with Gasteiger partial charge < -0.3 is 20.3 Å². The molecule has 0 saturated carbocycles. The van der Waals surface area contributed by atoms with Crippen molar-refractivity contribution in [1.29, 1.82) is 0 Å². The highest BCUT2D eigenvalue weighted by Crippen LogP contribution is 2.21. The molecule has 1 heterocycles. The Morgan fingerprint density at radius 2 is 2.08 bits per heavy atom. The first-order chi connectivity index (χ1) is 11.6. The molecule has 2 aromatic rings. The van der Waals surface area contributed by atoms with Crippen LogP contribution in [0.2, 0.25) is 0 Å². The highest BCUT2D eigenvalue weighted by molar-refractivity contribution is 6.39. The van der Waals surface area contributed by atoms with Gasteiger partial charge in [-0.2, -0.15) is 0 Å². The van der Waals surface area contributed by atoms with E-state index in [1.165, 1.54) is 0 Å². The lowest BCUT2D eigenvalue weighted by molar-refractivity contribution is -0.136. The standard InChI is InChI=1S/C18H21N3O3/c1-2-21-8-7-13-4-6-15(10-16(13)21)20-18(24)17(23)19-14-5-3-12(9-14)11-22/h3-8,10,12,14,22H,2,9,11H2,1H3,(H,19,23)(H,20,24)/t12-,14+/m0/s1. The Morgan fingerprint density at radius 1 is 1.25 bits per heavy atom. The van der Waals surface area contributed by atoms with Gasteiger partial charge in [-0.3, -0.25) is 9.59 Å². The highest BCUT2D eigenvalue weighted by atomic mass is 16.3. The molecule has 0 unspecified atom stereocenters. The van der Waals surface area contributed by atoms with Crippen molar-refractivity contribution in [2.45, 2.75) is 25.9 Å². The normalized spacial score (nSPS) is 19.6. The lowest BCUT2D eigenvalue weighted by Crippen LogP contribution is -2.40. The number of aliphatic hydroxyl groups is 1. The van der Waals surface area contributed by atoms with Crippen molar-refractivity contribution in [3.8, 4) is 0 Å². The lowest BCUT2D eigenvalue weighted by atomic mass is 10.1. The van der Waals surface area contributed by atoms with E-state index in [4.69, 9.17) is 5.11 Å². The highest BCUT2D eigenvalue weighted by Gasteiger charge is 2.23. The Bertz CT molecular complexity index is 794. The molecule has 1 aromatic heterocycles. The number of nitrogens with zero attached hydrogens (tertiary/aromatic N) is 1. The number of carbonyl (C=O) groups excluding carboxylic acids is 2. The van der Waals surface area contributed by atoms with Crippen molar-refractivity contribution in [2.24, 2.45) is 5.92 Å². The predicted molar refractivity (Wildman–Crippen MR) is 92.5 cm³/mol. The fraction of sp³-hybridized carbons (Fsp3) is 0.333. The van der Waals surface area contributed by atoms with Gasteiger partial charge in [0.15, 0.2) is 0 Å². The summed E-state index contributed by atoms with van der Waals surface area (Å²) in [6.45, 7) is 2.93. The van der Waals surface area contributed by atoms with E-state index in [1.54, 1.807) is 6.07 Å². The van der Waals surface area contributed by atoms with Crippen molar-refractivity contribution >= 4 is 28.4 Å². The monoisotopic (exact) mass is 327 g/mol. The minimum Gasteiger partial charge on any atom is -0.396 e. The molecule has 1 aromatic carbocycles. The number of benzene rings is 1. The van der Waals surface area contributed by atoms with Crippen LogP contribution in [-0.4, -0.2) is 34.1 Å². The topological polar surface area (TPSA) is 83.4 Å². The summed E-state index contributed by atoms with van der Waals surface area (Å²) in [5.74, 6) is -1.32. The second-order valence-corrected chi connectivity index (χ2v) is 5.97. The Labute approximate surface area is 140 Å². The molecule has 6 nitrogen and oxygen atoms in total. The molecule has 0 saturated heterocycles. The van der Waals surface area contributed by atoms with Crippen LogP contribution < -0.4 is 10.6 Å². The van der Waals surface area contributed by atoms with Crippen molar-refractivity contribution in [3.63, 3.8) is 0 Å². The number of anilines is 1. The minimum absolute atomic E-state index is 0.0441. The van der Waals surface area contributed by atoms with Gasteiger partial charge in [0.2, 0.25) is 0 Å².